The number of carbonyl (C=O) groups excluding carboxylic acids is 2. The Labute approximate surface area is 207 Å². The van der Waals surface area contributed by atoms with Crippen molar-refractivity contribution >= 4 is 27.5 Å². The molecule has 3 rings (SSSR count). The number of hydrogen-bond donors (Lipinski definition) is 1. The van der Waals surface area contributed by atoms with E-state index in [9.17, 15) is 22.4 Å². The smallest absolute Gasteiger partial charge is 0.244 e. The van der Waals surface area contributed by atoms with Gasteiger partial charge in [-0.25, -0.2) is 12.8 Å². The van der Waals surface area contributed by atoms with E-state index in [1.807, 2.05) is 37.3 Å². The third-order valence-corrected chi connectivity index (χ3v) is 7.45. The Hall–Kier alpha value is -2.94. The minimum absolute atomic E-state index is 0.0558. The number of nitrogens with one attached hydrogen (secondary N) is 1. The van der Waals surface area contributed by atoms with Crippen molar-refractivity contribution in [3.8, 4) is 0 Å². The highest BCUT2D eigenvalue weighted by molar-refractivity contribution is 7.92. The Balaban J connectivity index is 1.89. The second kappa shape index (κ2) is 12.2. The third kappa shape index (κ3) is 7.52. The normalized spacial score (nSPS) is 15.3. The van der Waals surface area contributed by atoms with Crippen molar-refractivity contribution in [2.45, 2.75) is 64.1 Å². The number of hydrogen-bond acceptors (Lipinski definition) is 4. The molecule has 190 valence electrons. The maximum absolute atomic E-state index is 13.8. The van der Waals surface area contributed by atoms with Crippen LogP contribution in [0.25, 0.3) is 0 Å². The predicted octanol–water partition coefficient (Wildman–Crippen LogP) is 3.85. The molecule has 1 aliphatic carbocycles. The van der Waals surface area contributed by atoms with Crippen LogP contribution in [0, 0.1) is 5.82 Å². The van der Waals surface area contributed by atoms with Crippen molar-refractivity contribution in [2.24, 2.45) is 0 Å². The Morgan fingerprint density at radius 3 is 2.34 bits per heavy atom. The molecule has 1 aliphatic rings. The summed E-state index contributed by atoms with van der Waals surface area (Å²) >= 11 is 0. The topological polar surface area (TPSA) is 86.8 Å². The zero-order valence-corrected chi connectivity index (χ0v) is 21.1. The Kier molecular flexibility index (Phi) is 9.26. The molecule has 2 aromatic carbocycles. The summed E-state index contributed by atoms with van der Waals surface area (Å²) in [6, 6.07) is 13.7. The van der Waals surface area contributed by atoms with E-state index >= 15 is 0 Å². The molecule has 0 heterocycles. The second-order valence-electron chi connectivity index (χ2n) is 9.02. The molecule has 7 nitrogen and oxygen atoms in total. The van der Waals surface area contributed by atoms with Crippen LogP contribution in [0.5, 0.6) is 0 Å². The molecule has 1 unspecified atom stereocenters. The molecular weight excluding hydrogens is 469 g/mol. The van der Waals surface area contributed by atoms with Gasteiger partial charge in [0.1, 0.15) is 18.4 Å². The highest BCUT2D eigenvalue weighted by atomic mass is 32.2. The predicted molar refractivity (Wildman–Crippen MR) is 135 cm³/mol. The van der Waals surface area contributed by atoms with E-state index in [2.05, 4.69) is 5.32 Å². The van der Waals surface area contributed by atoms with E-state index in [4.69, 9.17) is 0 Å². The van der Waals surface area contributed by atoms with Gasteiger partial charge in [0, 0.05) is 12.6 Å². The molecule has 0 aliphatic heterocycles. The summed E-state index contributed by atoms with van der Waals surface area (Å²) in [6.07, 6.45) is 6.45. The summed E-state index contributed by atoms with van der Waals surface area (Å²) in [7, 11) is -3.89. The number of sulfonamides is 1. The van der Waals surface area contributed by atoms with Crippen LogP contribution in [0.2, 0.25) is 0 Å². The Bertz CT molecular complexity index is 1100. The van der Waals surface area contributed by atoms with Gasteiger partial charge in [0.2, 0.25) is 21.8 Å². The second-order valence-corrected chi connectivity index (χ2v) is 10.9. The number of rotatable bonds is 10. The van der Waals surface area contributed by atoms with Crippen LogP contribution >= 0.6 is 0 Å². The summed E-state index contributed by atoms with van der Waals surface area (Å²) in [4.78, 5) is 28.3. The van der Waals surface area contributed by atoms with E-state index in [1.165, 1.54) is 23.1 Å². The molecule has 0 bridgehead atoms. The van der Waals surface area contributed by atoms with Crippen molar-refractivity contribution in [2.75, 3.05) is 17.1 Å². The first-order chi connectivity index (χ1) is 16.7. The number of anilines is 1. The summed E-state index contributed by atoms with van der Waals surface area (Å²) in [5.74, 6) is -1.38. The van der Waals surface area contributed by atoms with Gasteiger partial charge in [0.25, 0.3) is 0 Å². The fraction of sp³-hybridized carbons (Fsp3) is 0.462. The number of halogens is 1. The van der Waals surface area contributed by atoms with Crippen molar-refractivity contribution < 1.29 is 22.4 Å². The Morgan fingerprint density at radius 2 is 1.74 bits per heavy atom. The van der Waals surface area contributed by atoms with E-state index in [1.54, 1.807) is 0 Å². The van der Waals surface area contributed by atoms with E-state index < -0.39 is 34.3 Å². The number of amides is 2. The van der Waals surface area contributed by atoms with Gasteiger partial charge in [0.15, 0.2) is 0 Å². The quantitative estimate of drug-likeness (QED) is 0.534. The van der Waals surface area contributed by atoms with Crippen LogP contribution in [0.15, 0.2) is 54.6 Å². The van der Waals surface area contributed by atoms with Crippen LogP contribution in [-0.2, 0) is 26.2 Å². The van der Waals surface area contributed by atoms with Crippen LogP contribution < -0.4 is 9.62 Å². The van der Waals surface area contributed by atoms with Crippen molar-refractivity contribution in [1.29, 1.82) is 0 Å². The molecule has 1 saturated carbocycles. The van der Waals surface area contributed by atoms with Crippen molar-refractivity contribution in [3.05, 3.63) is 66.0 Å². The van der Waals surface area contributed by atoms with Gasteiger partial charge in [0.05, 0.1) is 11.9 Å². The molecule has 0 aromatic heterocycles. The zero-order chi connectivity index (χ0) is 25.4. The molecule has 9 heteroatoms. The van der Waals surface area contributed by atoms with Crippen LogP contribution in [-0.4, -0.2) is 50.0 Å². The molecular formula is C26H34FN3O4S. The maximum atomic E-state index is 13.8. The fourth-order valence-electron chi connectivity index (χ4n) is 4.49. The number of carbonyl (C=O) groups is 2. The summed E-state index contributed by atoms with van der Waals surface area (Å²) in [5, 5.41) is 3.10. The van der Waals surface area contributed by atoms with Gasteiger partial charge in [-0.2, -0.15) is 0 Å². The molecule has 2 aromatic rings. The molecule has 2 amide bonds. The van der Waals surface area contributed by atoms with E-state index in [-0.39, 0.29) is 24.2 Å². The van der Waals surface area contributed by atoms with Crippen LogP contribution in [0.3, 0.4) is 0 Å². The van der Waals surface area contributed by atoms with Crippen LogP contribution in [0.4, 0.5) is 10.1 Å². The average Bonchev–Trinajstić information content (AvgIpc) is 2.82. The molecule has 1 fully saturated rings. The summed E-state index contributed by atoms with van der Waals surface area (Å²) in [6.45, 7) is 1.44. The van der Waals surface area contributed by atoms with Gasteiger partial charge >= 0.3 is 0 Å². The standard InChI is InChI=1S/C26H34FN3O4S/c1-3-24(26(32)28-22-14-8-5-9-15-22)29(18-20-11-6-4-7-12-20)25(31)19-30(35(2,33)34)23-16-10-13-21(27)17-23/h4,6-7,10-13,16-17,22,24H,3,5,8-9,14-15,18-19H2,1-2H3,(H,28,32). The van der Waals surface area contributed by atoms with Crippen molar-refractivity contribution in [3.63, 3.8) is 0 Å². The summed E-state index contributed by atoms with van der Waals surface area (Å²) in [5.41, 5.74) is 0.877. The summed E-state index contributed by atoms with van der Waals surface area (Å²) < 4.78 is 39.8. The van der Waals surface area contributed by atoms with Gasteiger partial charge in [-0.1, -0.05) is 62.6 Å². The average molecular weight is 504 g/mol. The van der Waals surface area contributed by atoms with E-state index in [0.717, 1.165) is 54.3 Å². The van der Waals surface area contributed by atoms with Gasteiger partial charge in [-0.3, -0.25) is 13.9 Å². The minimum Gasteiger partial charge on any atom is -0.352 e. The van der Waals surface area contributed by atoms with Gasteiger partial charge in [-0.05, 0) is 43.0 Å². The lowest BCUT2D eigenvalue weighted by Gasteiger charge is -2.34. The van der Waals surface area contributed by atoms with Crippen LogP contribution in [0.1, 0.15) is 51.0 Å². The maximum Gasteiger partial charge on any atom is 0.244 e. The lowest BCUT2D eigenvalue weighted by Crippen LogP contribution is -2.53. The first-order valence-electron chi connectivity index (χ1n) is 12.1. The lowest BCUT2D eigenvalue weighted by atomic mass is 9.95. The number of benzene rings is 2. The molecule has 35 heavy (non-hydrogen) atoms. The first-order valence-corrected chi connectivity index (χ1v) is 13.9. The monoisotopic (exact) mass is 503 g/mol. The van der Waals surface area contributed by atoms with Crippen molar-refractivity contribution in [1.82, 2.24) is 10.2 Å². The highest BCUT2D eigenvalue weighted by Gasteiger charge is 2.32. The fourth-order valence-corrected chi connectivity index (χ4v) is 5.33. The van der Waals surface area contributed by atoms with Gasteiger partial charge in [-0.15, -0.1) is 0 Å². The SMILES string of the molecule is CCC(C(=O)NC1CCCCC1)N(Cc1ccccc1)C(=O)CN(c1cccc(F)c1)S(C)(=O)=O. The number of nitrogens with zero attached hydrogens (tertiary/aromatic N) is 2. The molecule has 0 saturated heterocycles. The first kappa shape index (κ1) is 26.7. The largest absolute Gasteiger partial charge is 0.352 e. The lowest BCUT2D eigenvalue weighted by molar-refractivity contribution is -0.140. The molecule has 1 N–H and O–H groups in total. The molecule has 0 radical (unpaired) electrons. The van der Waals surface area contributed by atoms with E-state index in [0.29, 0.717) is 6.42 Å². The highest BCUT2D eigenvalue weighted by Crippen LogP contribution is 2.22. The third-order valence-electron chi connectivity index (χ3n) is 6.31. The zero-order valence-electron chi connectivity index (χ0n) is 20.3. The Morgan fingerprint density at radius 1 is 1.06 bits per heavy atom. The minimum atomic E-state index is -3.89. The molecule has 1 atom stereocenters. The molecule has 0 spiro atoms. The van der Waals surface area contributed by atoms with Gasteiger partial charge < -0.3 is 10.2 Å².